The van der Waals surface area contributed by atoms with Crippen LogP contribution >= 0.6 is 0 Å². The van der Waals surface area contributed by atoms with E-state index in [0.29, 0.717) is 32.2 Å². The van der Waals surface area contributed by atoms with Crippen LogP contribution in [0.5, 0.6) is 0 Å². The number of rotatable bonds is 4. The second-order valence-electron chi connectivity index (χ2n) is 5.62. The fourth-order valence-corrected chi connectivity index (χ4v) is 3.61. The lowest BCUT2D eigenvalue weighted by Gasteiger charge is -2.31. The van der Waals surface area contributed by atoms with Crippen molar-refractivity contribution >= 4 is 15.9 Å². The molecule has 1 aliphatic rings. The molecule has 1 amide bonds. The average Bonchev–Trinajstić information content (AvgIpc) is 2.45. The van der Waals surface area contributed by atoms with Gasteiger partial charge < -0.3 is 4.90 Å². The summed E-state index contributed by atoms with van der Waals surface area (Å²) >= 11 is 0. The third-order valence-electron chi connectivity index (χ3n) is 4.06. The monoisotopic (exact) mass is 310 g/mol. The number of likely N-dealkylation sites (tertiary alicyclic amines) is 1. The molecule has 1 fully saturated rings. The molecule has 1 atom stereocenters. The van der Waals surface area contributed by atoms with Crippen LogP contribution in [-0.4, -0.2) is 37.6 Å². The van der Waals surface area contributed by atoms with Crippen LogP contribution in [0.3, 0.4) is 0 Å². The topological polar surface area (TPSA) is 80.5 Å². The van der Waals surface area contributed by atoms with Crippen LogP contribution < -0.4 is 5.14 Å². The number of primary sulfonamides is 1. The molecule has 0 spiro atoms. The maximum Gasteiger partial charge on any atom is 0.222 e. The van der Waals surface area contributed by atoms with E-state index in [4.69, 9.17) is 5.14 Å². The van der Waals surface area contributed by atoms with E-state index in [-0.39, 0.29) is 12.5 Å². The van der Waals surface area contributed by atoms with Gasteiger partial charge in [0.05, 0.1) is 5.25 Å². The predicted molar refractivity (Wildman–Crippen MR) is 82.2 cm³/mol. The number of benzene rings is 1. The molecule has 1 heterocycles. The second kappa shape index (κ2) is 6.58. The van der Waals surface area contributed by atoms with Gasteiger partial charge in [-0.2, -0.15) is 0 Å². The molecule has 0 bridgehead atoms. The van der Waals surface area contributed by atoms with Crippen LogP contribution in [0.1, 0.15) is 30.4 Å². The van der Waals surface area contributed by atoms with E-state index in [2.05, 4.69) is 0 Å². The molecule has 2 rings (SSSR count). The van der Waals surface area contributed by atoms with Gasteiger partial charge in [-0.15, -0.1) is 0 Å². The number of nitrogens with two attached hydrogens (primary N) is 1. The molecule has 1 aromatic carbocycles. The summed E-state index contributed by atoms with van der Waals surface area (Å²) in [5.74, 6) is 0.00611. The van der Waals surface area contributed by atoms with E-state index in [0.717, 1.165) is 5.56 Å². The molecule has 1 saturated heterocycles. The minimum atomic E-state index is -3.56. The molecule has 2 N–H and O–H groups in total. The third-order valence-corrected chi connectivity index (χ3v) is 5.38. The van der Waals surface area contributed by atoms with E-state index < -0.39 is 15.3 Å². The van der Waals surface area contributed by atoms with Gasteiger partial charge in [0.25, 0.3) is 0 Å². The van der Waals surface area contributed by atoms with Gasteiger partial charge in [-0.3, -0.25) is 4.79 Å². The molecule has 1 unspecified atom stereocenters. The Labute approximate surface area is 126 Å². The van der Waals surface area contributed by atoms with Crippen molar-refractivity contribution in [2.24, 2.45) is 5.14 Å². The van der Waals surface area contributed by atoms with Gasteiger partial charge in [0.1, 0.15) is 0 Å². The summed E-state index contributed by atoms with van der Waals surface area (Å²) in [7, 11) is -3.56. The average molecular weight is 310 g/mol. The van der Waals surface area contributed by atoms with Crippen molar-refractivity contribution in [3.05, 3.63) is 35.4 Å². The van der Waals surface area contributed by atoms with E-state index in [9.17, 15) is 13.2 Å². The van der Waals surface area contributed by atoms with Crippen molar-refractivity contribution in [3.8, 4) is 0 Å². The zero-order valence-corrected chi connectivity index (χ0v) is 13.1. The molecule has 5 nitrogen and oxygen atoms in total. The molecular formula is C15H22N2O3S. The molecule has 1 aromatic rings. The van der Waals surface area contributed by atoms with Crippen LogP contribution in [0, 0.1) is 6.92 Å². The Morgan fingerprint density at radius 2 is 2.10 bits per heavy atom. The molecule has 6 heteroatoms. The van der Waals surface area contributed by atoms with Gasteiger partial charge in [-0.1, -0.05) is 24.3 Å². The SMILES string of the molecule is Cc1ccccc1CCC(=O)N1CCCC(S(N)(=O)=O)C1. The van der Waals surface area contributed by atoms with Crippen molar-refractivity contribution in [3.63, 3.8) is 0 Å². The number of piperidine rings is 1. The molecule has 1 aliphatic heterocycles. The Morgan fingerprint density at radius 1 is 1.38 bits per heavy atom. The highest BCUT2D eigenvalue weighted by Gasteiger charge is 2.30. The van der Waals surface area contributed by atoms with Gasteiger partial charge >= 0.3 is 0 Å². The number of aryl methyl sites for hydroxylation is 2. The van der Waals surface area contributed by atoms with E-state index in [1.807, 2.05) is 31.2 Å². The summed E-state index contributed by atoms with van der Waals surface area (Å²) in [5, 5.41) is 4.57. The number of carbonyl (C=O) groups excluding carboxylic acids is 1. The molecule has 0 aliphatic carbocycles. The summed E-state index contributed by atoms with van der Waals surface area (Å²) < 4.78 is 22.8. The predicted octanol–water partition coefficient (Wildman–Crippen LogP) is 1.21. The van der Waals surface area contributed by atoms with Gasteiger partial charge in [-0.05, 0) is 37.3 Å². The lowest BCUT2D eigenvalue weighted by molar-refractivity contribution is -0.131. The lowest BCUT2D eigenvalue weighted by Crippen LogP contribution is -2.47. The van der Waals surface area contributed by atoms with Crippen LogP contribution in [0.4, 0.5) is 0 Å². The normalized spacial score (nSPS) is 19.5. The summed E-state index contributed by atoms with van der Waals surface area (Å²) in [6.07, 6.45) is 2.32. The third kappa shape index (κ3) is 4.28. The van der Waals surface area contributed by atoms with E-state index in [1.165, 1.54) is 5.56 Å². The van der Waals surface area contributed by atoms with Crippen LogP contribution in [0.25, 0.3) is 0 Å². The van der Waals surface area contributed by atoms with Crippen LogP contribution in [-0.2, 0) is 21.2 Å². The van der Waals surface area contributed by atoms with Crippen LogP contribution in [0.15, 0.2) is 24.3 Å². The summed E-state index contributed by atoms with van der Waals surface area (Å²) in [6, 6.07) is 7.98. The fraction of sp³-hybridized carbons (Fsp3) is 0.533. The first-order valence-corrected chi connectivity index (χ1v) is 8.83. The standard InChI is InChI=1S/C15H22N2O3S/c1-12-5-2-3-6-13(12)8-9-15(18)17-10-4-7-14(11-17)21(16,19)20/h2-3,5-6,14H,4,7-11H2,1H3,(H2,16,19,20). The largest absolute Gasteiger partial charge is 0.341 e. The van der Waals surface area contributed by atoms with Gasteiger partial charge in [-0.25, -0.2) is 13.6 Å². The highest BCUT2D eigenvalue weighted by atomic mass is 32.2. The molecule has 0 radical (unpaired) electrons. The van der Waals surface area contributed by atoms with Crippen molar-refractivity contribution in [1.82, 2.24) is 4.90 Å². The zero-order chi connectivity index (χ0) is 15.5. The smallest absolute Gasteiger partial charge is 0.222 e. The number of hydrogen-bond acceptors (Lipinski definition) is 3. The van der Waals surface area contributed by atoms with Gasteiger partial charge in [0, 0.05) is 19.5 Å². The maximum atomic E-state index is 12.2. The van der Waals surface area contributed by atoms with E-state index >= 15 is 0 Å². The Kier molecular flexibility index (Phi) is 5.00. The fourth-order valence-electron chi connectivity index (χ4n) is 2.72. The summed E-state index contributed by atoms with van der Waals surface area (Å²) in [5.41, 5.74) is 2.33. The van der Waals surface area contributed by atoms with Crippen molar-refractivity contribution in [2.75, 3.05) is 13.1 Å². The quantitative estimate of drug-likeness (QED) is 0.907. The number of sulfonamides is 1. The van der Waals surface area contributed by atoms with Gasteiger partial charge in [0.15, 0.2) is 0 Å². The summed E-state index contributed by atoms with van der Waals surface area (Å²) in [6.45, 7) is 2.88. The Balaban J connectivity index is 1.93. The minimum Gasteiger partial charge on any atom is -0.341 e. The number of amides is 1. The summed E-state index contributed by atoms with van der Waals surface area (Å²) in [4.78, 5) is 13.9. The number of hydrogen-bond donors (Lipinski definition) is 1. The van der Waals surface area contributed by atoms with Gasteiger partial charge in [0.2, 0.25) is 15.9 Å². The highest BCUT2D eigenvalue weighted by molar-refractivity contribution is 7.89. The molecule has 0 saturated carbocycles. The Bertz CT molecular complexity index is 613. The minimum absolute atomic E-state index is 0.00611. The lowest BCUT2D eigenvalue weighted by atomic mass is 10.0. The first kappa shape index (κ1) is 16.0. The first-order chi connectivity index (χ1) is 9.88. The zero-order valence-electron chi connectivity index (χ0n) is 12.3. The maximum absolute atomic E-state index is 12.2. The van der Waals surface area contributed by atoms with Crippen molar-refractivity contribution < 1.29 is 13.2 Å². The molecule has 116 valence electrons. The van der Waals surface area contributed by atoms with E-state index in [1.54, 1.807) is 4.90 Å². The molecular weight excluding hydrogens is 288 g/mol. The molecule has 21 heavy (non-hydrogen) atoms. The first-order valence-electron chi connectivity index (χ1n) is 7.22. The van der Waals surface area contributed by atoms with Crippen LogP contribution in [0.2, 0.25) is 0 Å². The Morgan fingerprint density at radius 3 is 2.76 bits per heavy atom. The van der Waals surface area contributed by atoms with Crippen molar-refractivity contribution in [2.45, 2.75) is 37.9 Å². The number of carbonyl (C=O) groups is 1. The van der Waals surface area contributed by atoms with Crippen molar-refractivity contribution in [1.29, 1.82) is 0 Å². The molecule has 0 aromatic heterocycles. The second-order valence-corrected chi connectivity index (χ2v) is 7.46. The number of nitrogens with zero attached hydrogens (tertiary/aromatic N) is 1. The Hall–Kier alpha value is -1.40. The highest BCUT2D eigenvalue weighted by Crippen LogP contribution is 2.17.